The summed E-state index contributed by atoms with van der Waals surface area (Å²) in [4.78, 5) is 0. The van der Waals surface area contributed by atoms with Crippen molar-refractivity contribution in [3.8, 4) is 6.07 Å². The molecular formula is C13H20N4. The molecule has 0 bridgehead atoms. The fraction of sp³-hybridized carbons (Fsp3) is 0.615. The molecule has 1 saturated carbocycles. The van der Waals surface area contributed by atoms with Gasteiger partial charge in [0, 0.05) is 31.9 Å². The molecule has 1 aliphatic rings. The zero-order chi connectivity index (χ0) is 12.3. The maximum Gasteiger partial charge on any atom is 0.120 e. The van der Waals surface area contributed by atoms with E-state index in [1.165, 1.54) is 18.4 Å². The standard InChI is InChI=1S/C13H20N4/c1-17-9-10(6-13(17)7-14)8-16-12-4-2-11(15)3-5-12/h6,9,11-12,16H,2-5,8,15H2,1H3. The number of aromatic nitrogens is 1. The predicted octanol–water partition coefficient (Wildman–Crippen LogP) is 1.26. The van der Waals surface area contributed by atoms with Gasteiger partial charge in [0.15, 0.2) is 0 Å². The van der Waals surface area contributed by atoms with Crippen molar-refractivity contribution >= 4 is 0 Å². The van der Waals surface area contributed by atoms with Crippen LogP contribution in [-0.4, -0.2) is 16.7 Å². The third-order valence-corrected chi connectivity index (χ3v) is 3.54. The van der Waals surface area contributed by atoms with E-state index in [4.69, 9.17) is 11.0 Å². The van der Waals surface area contributed by atoms with Crippen LogP contribution in [0.3, 0.4) is 0 Å². The van der Waals surface area contributed by atoms with E-state index in [-0.39, 0.29) is 0 Å². The lowest BCUT2D eigenvalue weighted by atomic mass is 9.92. The first-order valence-electron chi connectivity index (χ1n) is 6.23. The second-order valence-electron chi connectivity index (χ2n) is 4.95. The van der Waals surface area contributed by atoms with Gasteiger partial charge in [0.2, 0.25) is 0 Å². The highest BCUT2D eigenvalue weighted by molar-refractivity contribution is 5.28. The van der Waals surface area contributed by atoms with Gasteiger partial charge in [-0.25, -0.2) is 0 Å². The van der Waals surface area contributed by atoms with Crippen molar-refractivity contribution < 1.29 is 0 Å². The Kier molecular flexibility index (Phi) is 3.82. The largest absolute Gasteiger partial charge is 0.342 e. The second kappa shape index (κ2) is 5.35. The van der Waals surface area contributed by atoms with Gasteiger partial charge in [0.05, 0.1) is 0 Å². The number of hydrogen-bond acceptors (Lipinski definition) is 3. The minimum atomic E-state index is 0.398. The summed E-state index contributed by atoms with van der Waals surface area (Å²) in [6.45, 7) is 0.843. The molecule has 4 heteroatoms. The van der Waals surface area contributed by atoms with E-state index in [1.54, 1.807) is 0 Å². The Balaban J connectivity index is 1.83. The average Bonchev–Trinajstić information content (AvgIpc) is 2.69. The summed E-state index contributed by atoms with van der Waals surface area (Å²) in [6, 6.07) is 5.11. The summed E-state index contributed by atoms with van der Waals surface area (Å²) in [5.41, 5.74) is 7.77. The molecule has 0 spiro atoms. The SMILES string of the molecule is Cn1cc(CNC2CCC(N)CC2)cc1C#N. The second-order valence-corrected chi connectivity index (χ2v) is 4.95. The van der Waals surface area contributed by atoms with Gasteiger partial charge >= 0.3 is 0 Å². The maximum absolute atomic E-state index is 8.87. The van der Waals surface area contributed by atoms with Gasteiger partial charge in [-0.2, -0.15) is 5.26 Å². The molecule has 3 N–H and O–H groups in total. The van der Waals surface area contributed by atoms with Crippen LogP contribution in [0, 0.1) is 11.3 Å². The third-order valence-electron chi connectivity index (χ3n) is 3.54. The molecule has 0 saturated heterocycles. The Labute approximate surface area is 102 Å². The van der Waals surface area contributed by atoms with Gasteiger partial charge < -0.3 is 15.6 Å². The summed E-state index contributed by atoms with van der Waals surface area (Å²) < 4.78 is 1.87. The van der Waals surface area contributed by atoms with E-state index in [2.05, 4.69) is 11.4 Å². The molecule has 92 valence electrons. The van der Waals surface area contributed by atoms with Crippen LogP contribution in [0.15, 0.2) is 12.3 Å². The monoisotopic (exact) mass is 232 g/mol. The lowest BCUT2D eigenvalue weighted by Gasteiger charge is -2.26. The molecule has 1 aliphatic carbocycles. The molecule has 1 aromatic rings. The number of nitriles is 1. The lowest BCUT2D eigenvalue weighted by molar-refractivity contribution is 0.342. The predicted molar refractivity (Wildman–Crippen MR) is 67.2 cm³/mol. The van der Waals surface area contributed by atoms with Crippen molar-refractivity contribution in [1.82, 2.24) is 9.88 Å². The molecule has 0 aliphatic heterocycles. The molecule has 1 aromatic heterocycles. The highest BCUT2D eigenvalue weighted by Crippen LogP contribution is 2.17. The highest BCUT2D eigenvalue weighted by Gasteiger charge is 2.17. The van der Waals surface area contributed by atoms with E-state index < -0.39 is 0 Å². The molecule has 0 amide bonds. The summed E-state index contributed by atoms with van der Waals surface area (Å²) in [7, 11) is 1.90. The van der Waals surface area contributed by atoms with E-state index in [0.717, 1.165) is 19.4 Å². The van der Waals surface area contributed by atoms with Gasteiger partial charge in [0.1, 0.15) is 11.8 Å². The minimum absolute atomic E-state index is 0.398. The maximum atomic E-state index is 8.87. The smallest absolute Gasteiger partial charge is 0.120 e. The van der Waals surface area contributed by atoms with Crippen LogP contribution in [0.4, 0.5) is 0 Å². The first-order chi connectivity index (χ1) is 8.19. The number of aryl methyl sites for hydroxylation is 1. The number of nitrogens with one attached hydrogen (secondary N) is 1. The first-order valence-corrected chi connectivity index (χ1v) is 6.23. The van der Waals surface area contributed by atoms with E-state index in [9.17, 15) is 0 Å². The van der Waals surface area contributed by atoms with Crippen LogP contribution in [0.5, 0.6) is 0 Å². The first kappa shape index (κ1) is 12.2. The molecule has 1 fully saturated rings. The summed E-state index contributed by atoms with van der Waals surface area (Å²) in [5, 5.41) is 12.4. The average molecular weight is 232 g/mol. The Hall–Kier alpha value is -1.31. The normalized spacial score (nSPS) is 24.5. The van der Waals surface area contributed by atoms with Crippen LogP contribution in [0.1, 0.15) is 36.9 Å². The highest BCUT2D eigenvalue weighted by atomic mass is 15.0. The number of hydrogen-bond donors (Lipinski definition) is 2. The van der Waals surface area contributed by atoms with Crippen LogP contribution in [0.25, 0.3) is 0 Å². The molecule has 17 heavy (non-hydrogen) atoms. The summed E-state index contributed by atoms with van der Waals surface area (Å²) >= 11 is 0. The van der Waals surface area contributed by atoms with Crippen molar-refractivity contribution in [1.29, 1.82) is 5.26 Å². The molecule has 0 atom stereocenters. The Morgan fingerprint density at radius 2 is 2.18 bits per heavy atom. The molecule has 0 unspecified atom stereocenters. The van der Waals surface area contributed by atoms with E-state index in [0.29, 0.717) is 17.8 Å². The van der Waals surface area contributed by atoms with Crippen molar-refractivity contribution in [3.63, 3.8) is 0 Å². The van der Waals surface area contributed by atoms with Crippen LogP contribution < -0.4 is 11.1 Å². The van der Waals surface area contributed by atoms with E-state index >= 15 is 0 Å². The number of nitrogens with two attached hydrogens (primary N) is 1. The van der Waals surface area contributed by atoms with Crippen LogP contribution in [0.2, 0.25) is 0 Å². The molecule has 1 heterocycles. The Morgan fingerprint density at radius 1 is 1.47 bits per heavy atom. The summed E-state index contributed by atoms with van der Waals surface area (Å²) in [5.74, 6) is 0. The molecule has 0 radical (unpaired) electrons. The minimum Gasteiger partial charge on any atom is -0.342 e. The molecule has 4 nitrogen and oxygen atoms in total. The van der Waals surface area contributed by atoms with Gasteiger partial charge in [-0.1, -0.05) is 0 Å². The van der Waals surface area contributed by atoms with Crippen molar-refractivity contribution in [2.75, 3.05) is 0 Å². The number of nitrogens with zero attached hydrogens (tertiary/aromatic N) is 2. The van der Waals surface area contributed by atoms with Crippen molar-refractivity contribution in [2.24, 2.45) is 12.8 Å². The Morgan fingerprint density at radius 3 is 2.76 bits per heavy atom. The lowest BCUT2D eigenvalue weighted by Crippen LogP contribution is -2.36. The van der Waals surface area contributed by atoms with Gasteiger partial charge in [-0.05, 0) is 37.3 Å². The van der Waals surface area contributed by atoms with Crippen molar-refractivity contribution in [3.05, 3.63) is 23.5 Å². The molecule has 2 rings (SSSR count). The summed E-state index contributed by atoms with van der Waals surface area (Å²) in [6.07, 6.45) is 6.59. The van der Waals surface area contributed by atoms with Crippen LogP contribution in [-0.2, 0) is 13.6 Å². The van der Waals surface area contributed by atoms with Crippen molar-refractivity contribution in [2.45, 2.75) is 44.3 Å². The topological polar surface area (TPSA) is 66.8 Å². The van der Waals surface area contributed by atoms with Gasteiger partial charge in [-0.15, -0.1) is 0 Å². The molecule has 0 aromatic carbocycles. The molecular weight excluding hydrogens is 212 g/mol. The number of rotatable bonds is 3. The van der Waals surface area contributed by atoms with Gasteiger partial charge in [0.25, 0.3) is 0 Å². The Bertz CT molecular complexity index is 408. The quantitative estimate of drug-likeness (QED) is 0.824. The third kappa shape index (κ3) is 3.09. The van der Waals surface area contributed by atoms with E-state index in [1.807, 2.05) is 23.9 Å². The fourth-order valence-corrected chi connectivity index (χ4v) is 2.43. The zero-order valence-corrected chi connectivity index (χ0v) is 10.3. The van der Waals surface area contributed by atoms with Crippen LogP contribution >= 0.6 is 0 Å². The zero-order valence-electron chi connectivity index (χ0n) is 10.3. The fourth-order valence-electron chi connectivity index (χ4n) is 2.43. The van der Waals surface area contributed by atoms with Gasteiger partial charge in [-0.3, -0.25) is 0 Å².